The molecule has 0 spiro atoms. The van der Waals surface area contributed by atoms with Crippen LogP contribution < -0.4 is 15.5 Å². The van der Waals surface area contributed by atoms with Crippen LogP contribution in [-0.2, 0) is 7.05 Å². The molecule has 8 nitrogen and oxygen atoms in total. The molecule has 1 atom stereocenters. The van der Waals surface area contributed by atoms with Crippen molar-refractivity contribution in [1.29, 1.82) is 5.26 Å². The van der Waals surface area contributed by atoms with Crippen LogP contribution in [0.1, 0.15) is 49.8 Å². The van der Waals surface area contributed by atoms with Crippen LogP contribution in [0.4, 0.5) is 16.3 Å². The third-order valence-electron chi connectivity index (χ3n) is 7.35. The van der Waals surface area contributed by atoms with E-state index in [9.17, 15) is 4.79 Å². The highest BCUT2D eigenvalue weighted by Crippen LogP contribution is 2.31. The number of benzene rings is 2. The predicted octanol–water partition coefficient (Wildman–Crippen LogP) is 6.05. The van der Waals surface area contributed by atoms with Gasteiger partial charge >= 0.3 is 6.03 Å². The summed E-state index contributed by atoms with van der Waals surface area (Å²) in [5.41, 5.74) is 4.60. The van der Waals surface area contributed by atoms with E-state index in [1.165, 1.54) is 0 Å². The first-order valence-corrected chi connectivity index (χ1v) is 13.4. The number of carbonyl (C=O) groups is 1. The average Bonchev–Trinajstić information content (AvgIpc) is 3.41. The average molecular weight is 520 g/mol. The largest absolute Gasteiger partial charge is 0.367 e. The molecule has 0 aliphatic heterocycles. The van der Waals surface area contributed by atoms with Gasteiger partial charge in [0.15, 0.2) is 0 Å². The molecule has 2 amide bonds. The third kappa shape index (κ3) is 6.27. The van der Waals surface area contributed by atoms with Crippen molar-refractivity contribution in [2.75, 3.05) is 10.2 Å². The van der Waals surface area contributed by atoms with Gasteiger partial charge in [0.2, 0.25) is 0 Å². The molecule has 0 unspecified atom stereocenters. The van der Waals surface area contributed by atoms with E-state index in [4.69, 9.17) is 5.26 Å². The van der Waals surface area contributed by atoms with Gasteiger partial charge < -0.3 is 10.6 Å². The van der Waals surface area contributed by atoms with Crippen molar-refractivity contribution in [3.05, 3.63) is 96.4 Å². The summed E-state index contributed by atoms with van der Waals surface area (Å²) in [6, 6.07) is 24.0. The molecule has 1 aliphatic carbocycles. The van der Waals surface area contributed by atoms with Crippen LogP contribution in [0, 0.1) is 11.3 Å². The molecule has 8 heteroatoms. The molecule has 2 heterocycles. The van der Waals surface area contributed by atoms with E-state index >= 15 is 0 Å². The molecular weight excluding hydrogens is 486 g/mol. The van der Waals surface area contributed by atoms with Gasteiger partial charge in [0.25, 0.3) is 0 Å². The zero-order valence-corrected chi connectivity index (χ0v) is 22.3. The number of nitrogens with one attached hydrogen (secondary N) is 2. The molecule has 0 radical (unpaired) electrons. The zero-order chi connectivity index (χ0) is 27.2. The Balaban J connectivity index is 1.32. The molecule has 4 aromatic rings. The second-order valence-electron chi connectivity index (χ2n) is 10.1. The normalized spacial score (nSPS) is 17.6. The standard InChI is InChI=1S/C31H33N7O/c1-22(24-6-4-3-5-7-24)35-31(39)38(28-13-9-25(10-14-28)26-20-34-37(2)21-26)29-15-11-27(12-16-29)36-30-17-8-23(18-32)19-33-30/h3-10,13-14,17,19-22,27,29H,11-12,15-16H2,1-2H3,(H,33,36)(H,35,39)/t22-,27?,29?/m1/s1. The summed E-state index contributed by atoms with van der Waals surface area (Å²) < 4.78 is 1.79. The molecule has 1 fully saturated rings. The molecule has 1 aliphatic rings. The zero-order valence-electron chi connectivity index (χ0n) is 22.3. The van der Waals surface area contributed by atoms with Gasteiger partial charge in [-0.15, -0.1) is 0 Å². The molecule has 0 saturated heterocycles. The van der Waals surface area contributed by atoms with Crippen molar-refractivity contribution in [3.8, 4) is 17.2 Å². The van der Waals surface area contributed by atoms with Gasteiger partial charge in [0, 0.05) is 42.8 Å². The number of hydrogen-bond donors (Lipinski definition) is 2. The van der Waals surface area contributed by atoms with Crippen molar-refractivity contribution < 1.29 is 4.79 Å². The minimum Gasteiger partial charge on any atom is -0.367 e. The lowest BCUT2D eigenvalue weighted by Gasteiger charge is -2.38. The highest BCUT2D eigenvalue weighted by molar-refractivity contribution is 5.93. The number of carbonyl (C=O) groups excluding carboxylic acids is 1. The number of hydrogen-bond acceptors (Lipinski definition) is 5. The van der Waals surface area contributed by atoms with E-state index in [2.05, 4.69) is 38.9 Å². The molecule has 2 aromatic carbocycles. The van der Waals surface area contributed by atoms with Crippen molar-refractivity contribution in [2.45, 2.75) is 50.7 Å². The van der Waals surface area contributed by atoms with Crippen LogP contribution in [0.15, 0.2) is 85.3 Å². The molecule has 39 heavy (non-hydrogen) atoms. The highest BCUT2D eigenvalue weighted by atomic mass is 16.2. The number of nitriles is 1. The Morgan fingerprint density at radius 1 is 1.00 bits per heavy atom. The molecular formula is C31H33N7O. The van der Waals surface area contributed by atoms with E-state index in [0.717, 1.165) is 53.9 Å². The smallest absolute Gasteiger partial charge is 0.322 e. The number of aromatic nitrogens is 3. The lowest BCUT2D eigenvalue weighted by Crippen LogP contribution is -2.49. The second kappa shape index (κ2) is 11.8. The highest BCUT2D eigenvalue weighted by Gasteiger charge is 2.31. The van der Waals surface area contributed by atoms with Crippen molar-refractivity contribution in [2.24, 2.45) is 7.05 Å². The fourth-order valence-electron chi connectivity index (χ4n) is 5.19. The predicted molar refractivity (Wildman–Crippen MR) is 153 cm³/mol. The van der Waals surface area contributed by atoms with Gasteiger partial charge in [-0.2, -0.15) is 10.4 Å². The fraction of sp³-hybridized carbons (Fsp3) is 0.290. The minimum absolute atomic E-state index is 0.0733. The van der Waals surface area contributed by atoms with Gasteiger partial charge in [-0.25, -0.2) is 9.78 Å². The maximum Gasteiger partial charge on any atom is 0.322 e. The van der Waals surface area contributed by atoms with Gasteiger partial charge in [0.1, 0.15) is 11.9 Å². The molecule has 5 rings (SSSR count). The van der Waals surface area contributed by atoms with Gasteiger partial charge in [0.05, 0.1) is 17.8 Å². The maximum absolute atomic E-state index is 13.8. The number of rotatable bonds is 7. The molecule has 1 saturated carbocycles. The van der Waals surface area contributed by atoms with Gasteiger partial charge in [-0.1, -0.05) is 42.5 Å². The van der Waals surface area contributed by atoms with Crippen molar-refractivity contribution in [1.82, 2.24) is 20.1 Å². The van der Waals surface area contributed by atoms with Crippen LogP contribution in [-0.4, -0.2) is 32.9 Å². The Morgan fingerprint density at radius 2 is 1.74 bits per heavy atom. The van der Waals surface area contributed by atoms with Crippen LogP contribution in [0.5, 0.6) is 0 Å². The number of nitrogens with zero attached hydrogens (tertiary/aromatic N) is 5. The van der Waals surface area contributed by atoms with Gasteiger partial charge in [-0.05, 0) is 68.0 Å². The van der Waals surface area contributed by atoms with Crippen LogP contribution in [0.3, 0.4) is 0 Å². The van der Waals surface area contributed by atoms with Crippen molar-refractivity contribution >= 4 is 17.5 Å². The lowest BCUT2D eigenvalue weighted by molar-refractivity contribution is 0.238. The summed E-state index contributed by atoms with van der Waals surface area (Å²) >= 11 is 0. The molecule has 2 N–H and O–H groups in total. The van der Waals surface area contributed by atoms with E-state index < -0.39 is 0 Å². The van der Waals surface area contributed by atoms with Crippen LogP contribution in [0.2, 0.25) is 0 Å². The molecule has 2 aromatic heterocycles. The maximum atomic E-state index is 13.8. The van der Waals surface area contributed by atoms with Crippen LogP contribution in [0.25, 0.3) is 11.1 Å². The second-order valence-corrected chi connectivity index (χ2v) is 10.1. The third-order valence-corrected chi connectivity index (χ3v) is 7.35. The Hall–Kier alpha value is -4.64. The summed E-state index contributed by atoms with van der Waals surface area (Å²) in [6.07, 6.45) is 8.98. The molecule has 0 bridgehead atoms. The number of anilines is 2. The number of pyridine rings is 1. The summed E-state index contributed by atoms with van der Waals surface area (Å²) in [6.45, 7) is 2.02. The molecule has 198 valence electrons. The van der Waals surface area contributed by atoms with E-state index in [1.807, 2.05) is 79.8 Å². The van der Waals surface area contributed by atoms with Crippen LogP contribution >= 0.6 is 0 Å². The van der Waals surface area contributed by atoms with E-state index in [1.54, 1.807) is 16.9 Å². The summed E-state index contributed by atoms with van der Waals surface area (Å²) in [5, 5.41) is 20.0. The quantitative estimate of drug-likeness (QED) is 0.309. The lowest BCUT2D eigenvalue weighted by atomic mass is 9.89. The summed E-state index contributed by atoms with van der Waals surface area (Å²) in [4.78, 5) is 20.1. The fourth-order valence-corrected chi connectivity index (χ4v) is 5.19. The Bertz CT molecular complexity index is 1420. The number of amides is 2. The van der Waals surface area contributed by atoms with Gasteiger partial charge in [-0.3, -0.25) is 9.58 Å². The van der Waals surface area contributed by atoms with E-state index in [-0.39, 0.29) is 24.2 Å². The first-order chi connectivity index (χ1) is 19.0. The summed E-state index contributed by atoms with van der Waals surface area (Å²) in [7, 11) is 1.90. The number of aryl methyl sites for hydroxylation is 1. The number of urea groups is 1. The Labute approximate surface area is 229 Å². The Kier molecular flexibility index (Phi) is 7.88. The minimum atomic E-state index is -0.115. The SMILES string of the molecule is C[C@@H](NC(=O)N(c1ccc(-c2cnn(C)c2)cc1)C1CCC(Nc2ccc(C#N)cn2)CC1)c1ccccc1. The Morgan fingerprint density at radius 3 is 2.36 bits per heavy atom. The van der Waals surface area contributed by atoms with E-state index in [0.29, 0.717) is 5.56 Å². The van der Waals surface area contributed by atoms with Crippen molar-refractivity contribution in [3.63, 3.8) is 0 Å². The monoisotopic (exact) mass is 519 g/mol. The topological polar surface area (TPSA) is 98.9 Å². The first kappa shape index (κ1) is 26.0. The first-order valence-electron chi connectivity index (χ1n) is 13.4. The summed E-state index contributed by atoms with van der Waals surface area (Å²) in [5.74, 6) is 0.773.